The van der Waals surface area contributed by atoms with Gasteiger partial charge in [-0.25, -0.2) is 13.1 Å². The third-order valence-electron chi connectivity index (χ3n) is 3.23. The minimum absolute atomic E-state index is 0.0803. The molecule has 0 saturated heterocycles. The highest BCUT2D eigenvalue weighted by Crippen LogP contribution is 2.18. The fourth-order valence-corrected chi connectivity index (χ4v) is 3.27. The van der Waals surface area contributed by atoms with Gasteiger partial charge >= 0.3 is 0 Å². The maximum Gasteiger partial charge on any atom is 0.240 e. The van der Waals surface area contributed by atoms with Gasteiger partial charge in [-0.15, -0.1) is 0 Å². The minimum atomic E-state index is -3.44. The zero-order chi connectivity index (χ0) is 16.1. The maximum absolute atomic E-state index is 12.4. The molecule has 0 aromatic heterocycles. The van der Waals surface area contributed by atoms with E-state index in [9.17, 15) is 8.42 Å². The Hall–Kier alpha value is -0.910. The van der Waals surface area contributed by atoms with Gasteiger partial charge in [-0.1, -0.05) is 40.7 Å². The Morgan fingerprint density at radius 3 is 2.29 bits per heavy atom. The van der Waals surface area contributed by atoms with Crippen molar-refractivity contribution in [1.82, 2.24) is 10.0 Å². The first kappa shape index (κ1) is 18.1. The summed E-state index contributed by atoms with van der Waals surface area (Å²) >= 11 is 0. The minimum Gasteiger partial charge on any atom is -0.313 e. The van der Waals surface area contributed by atoms with Crippen LogP contribution >= 0.6 is 0 Å². The van der Waals surface area contributed by atoms with Gasteiger partial charge in [0.2, 0.25) is 10.0 Å². The zero-order valence-electron chi connectivity index (χ0n) is 13.8. The molecule has 0 radical (unpaired) electrons. The van der Waals surface area contributed by atoms with E-state index in [-0.39, 0.29) is 5.41 Å². The van der Waals surface area contributed by atoms with Crippen LogP contribution in [0.25, 0.3) is 0 Å². The van der Waals surface area contributed by atoms with Gasteiger partial charge in [-0.05, 0) is 41.6 Å². The van der Waals surface area contributed by atoms with Crippen molar-refractivity contribution >= 4 is 10.0 Å². The van der Waals surface area contributed by atoms with Crippen molar-refractivity contribution in [3.8, 4) is 0 Å². The van der Waals surface area contributed by atoms with Crippen LogP contribution in [0.3, 0.4) is 0 Å². The summed E-state index contributed by atoms with van der Waals surface area (Å²) in [5, 5.41) is 3.26. The van der Waals surface area contributed by atoms with Gasteiger partial charge in [0.05, 0.1) is 4.90 Å². The van der Waals surface area contributed by atoms with Gasteiger partial charge in [-0.2, -0.15) is 0 Å². The molecule has 0 amide bonds. The van der Waals surface area contributed by atoms with E-state index in [1.807, 2.05) is 33.8 Å². The van der Waals surface area contributed by atoms with Gasteiger partial charge < -0.3 is 5.32 Å². The molecular formula is C16H28N2O2S. The number of nitrogens with one attached hydrogen (secondary N) is 2. The molecule has 0 saturated carbocycles. The lowest BCUT2D eigenvalue weighted by Crippen LogP contribution is -2.32. The summed E-state index contributed by atoms with van der Waals surface area (Å²) in [5.74, 6) is 0. The number of hydrogen-bond donors (Lipinski definition) is 2. The second kappa shape index (κ2) is 7.38. The van der Waals surface area contributed by atoms with Crippen molar-refractivity contribution < 1.29 is 8.42 Å². The van der Waals surface area contributed by atoms with Crippen LogP contribution in [0.15, 0.2) is 23.1 Å². The van der Waals surface area contributed by atoms with E-state index in [0.29, 0.717) is 18.0 Å². The van der Waals surface area contributed by atoms with E-state index < -0.39 is 10.0 Å². The van der Waals surface area contributed by atoms with Crippen LogP contribution in [0.2, 0.25) is 0 Å². The lowest BCUT2D eigenvalue weighted by atomic mass is 9.98. The third kappa shape index (κ3) is 5.77. The van der Waals surface area contributed by atoms with E-state index in [1.54, 1.807) is 12.1 Å². The average molecular weight is 312 g/mol. The molecule has 1 aromatic carbocycles. The highest BCUT2D eigenvalue weighted by atomic mass is 32.2. The Balaban J connectivity index is 3.01. The van der Waals surface area contributed by atoms with E-state index in [4.69, 9.17) is 0 Å². The van der Waals surface area contributed by atoms with Gasteiger partial charge in [-0.3, -0.25) is 0 Å². The van der Waals surface area contributed by atoms with Crippen LogP contribution in [0.5, 0.6) is 0 Å². The molecule has 0 spiro atoms. The summed E-state index contributed by atoms with van der Waals surface area (Å²) in [4.78, 5) is 0.344. The maximum atomic E-state index is 12.4. The van der Waals surface area contributed by atoms with E-state index in [2.05, 4.69) is 17.0 Å². The van der Waals surface area contributed by atoms with Gasteiger partial charge in [0.1, 0.15) is 0 Å². The van der Waals surface area contributed by atoms with E-state index in [0.717, 1.165) is 18.5 Å². The third-order valence-corrected chi connectivity index (χ3v) is 4.63. The molecule has 0 heterocycles. The number of aryl methyl sites for hydroxylation is 1. The lowest BCUT2D eigenvalue weighted by Gasteiger charge is -2.19. The quantitative estimate of drug-likeness (QED) is 0.814. The number of sulfonamides is 1. The first-order chi connectivity index (χ1) is 9.69. The van der Waals surface area contributed by atoms with Crippen molar-refractivity contribution in [1.29, 1.82) is 0 Å². The van der Waals surface area contributed by atoms with Crippen LogP contribution in [-0.2, 0) is 23.0 Å². The molecule has 0 aliphatic rings. The zero-order valence-corrected chi connectivity index (χ0v) is 14.6. The summed E-state index contributed by atoms with van der Waals surface area (Å²) in [7, 11) is -3.44. The van der Waals surface area contributed by atoms with Crippen molar-refractivity contribution in [3.63, 3.8) is 0 Å². The molecule has 2 N–H and O–H groups in total. The van der Waals surface area contributed by atoms with E-state index in [1.165, 1.54) is 5.56 Å². The SMILES string of the molecule is CCNCc1cc(S(=O)(=O)NCC(C)(C)C)ccc1CC. The normalized spacial score (nSPS) is 12.6. The molecule has 0 bridgehead atoms. The summed E-state index contributed by atoms with van der Waals surface area (Å²) in [6.07, 6.45) is 0.899. The highest BCUT2D eigenvalue weighted by molar-refractivity contribution is 7.89. The molecule has 1 aromatic rings. The Morgan fingerprint density at radius 1 is 1.10 bits per heavy atom. The molecule has 4 nitrogen and oxygen atoms in total. The molecule has 0 aliphatic carbocycles. The van der Waals surface area contributed by atoms with Crippen molar-refractivity contribution in [2.45, 2.75) is 52.5 Å². The summed E-state index contributed by atoms with van der Waals surface area (Å²) in [6, 6.07) is 5.39. The Kier molecular flexibility index (Phi) is 6.38. The largest absolute Gasteiger partial charge is 0.313 e. The van der Waals surface area contributed by atoms with Gasteiger partial charge in [0.15, 0.2) is 0 Å². The van der Waals surface area contributed by atoms with Crippen molar-refractivity contribution in [2.75, 3.05) is 13.1 Å². The Morgan fingerprint density at radius 2 is 1.76 bits per heavy atom. The Labute approximate surface area is 129 Å². The van der Waals surface area contributed by atoms with Crippen LogP contribution < -0.4 is 10.0 Å². The highest BCUT2D eigenvalue weighted by Gasteiger charge is 2.19. The monoisotopic (exact) mass is 312 g/mol. The van der Waals surface area contributed by atoms with Crippen molar-refractivity contribution in [3.05, 3.63) is 29.3 Å². The molecule has 0 fully saturated rings. The fourth-order valence-electron chi connectivity index (χ4n) is 1.93. The van der Waals surface area contributed by atoms with Crippen LogP contribution in [0.1, 0.15) is 45.7 Å². The van der Waals surface area contributed by atoms with Crippen LogP contribution in [0, 0.1) is 5.41 Å². The van der Waals surface area contributed by atoms with Gasteiger partial charge in [0, 0.05) is 13.1 Å². The van der Waals surface area contributed by atoms with Crippen LogP contribution in [0.4, 0.5) is 0 Å². The number of hydrogen-bond acceptors (Lipinski definition) is 3. The van der Waals surface area contributed by atoms with Crippen LogP contribution in [-0.4, -0.2) is 21.5 Å². The predicted molar refractivity (Wildman–Crippen MR) is 87.8 cm³/mol. The number of rotatable bonds is 7. The topological polar surface area (TPSA) is 58.2 Å². The van der Waals surface area contributed by atoms with Gasteiger partial charge in [0.25, 0.3) is 0 Å². The molecule has 1 rings (SSSR count). The molecule has 5 heteroatoms. The first-order valence-corrected chi connectivity index (χ1v) is 9.00. The first-order valence-electron chi connectivity index (χ1n) is 7.52. The molecule has 0 aliphatic heterocycles. The smallest absolute Gasteiger partial charge is 0.240 e. The molecule has 0 atom stereocenters. The molecule has 0 unspecified atom stereocenters. The fraction of sp³-hybridized carbons (Fsp3) is 0.625. The second-order valence-electron chi connectivity index (χ2n) is 6.45. The standard InChI is InChI=1S/C16H28N2O2S/c1-6-13-8-9-15(10-14(13)11-17-7-2)21(19,20)18-12-16(3,4)5/h8-10,17-18H,6-7,11-12H2,1-5H3. The summed E-state index contributed by atoms with van der Waals surface area (Å²) < 4.78 is 27.4. The average Bonchev–Trinajstić information content (AvgIpc) is 2.42. The molecular weight excluding hydrogens is 284 g/mol. The predicted octanol–water partition coefficient (Wildman–Crippen LogP) is 2.68. The second-order valence-corrected chi connectivity index (χ2v) is 8.22. The Bertz CT molecular complexity index is 560. The van der Waals surface area contributed by atoms with E-state index >= 15 is 0 Å². The summed E-state index contributed by atoms with van der Waals surface area (Å²) in [5.41, 5.74) is 2.16. The van der Waals surface area contributed by atoms with Crippen molar-refractivity contribution in [2.24, 2.45) is 5.41 Å². The molecule has 120 valence electrons. The molecule has 21 heavy (non-hydrogen) atoms. The number of benzene rings is 1. The lowest BCUT2D eigenvalue weighted by molar-refractivity contribution is 0.407. The summed E-state index contributed by atoms with van der Waals surface area (Å²) in [6.45, 7) is 12.1.